The molecule has 0 radical (unpaired) electrons. The predicted molar refractivity (Wildman–Crippen MR) is 123 cm³/mol. The Kier molecular flexibility index (Phi) is 8.23. The summed E-state index contributed by atoms with van der Waals surface area (Å²) in [7, 11) is -1.39. The number of aryl methyl sites for hydroxylation is 1. The molecule has 1 aliphatic rings. The van der Waals surface area contributed by atoms with Gasteiger partial charge in [0.05, 0.1) is 0 Å². The van der Waals surface area contributed by atoms with Crippen molar-refractivity contribution in [1.82, 2.24) is 5.32 Å². The van der Waals surface area contributed by atoms with Crippen LogP contribution in [0, 0.1) is 24.5 Å². The minimum absolute atomic E-state index is 0.0773. The number of carboxylic acids is 1. The van der Waals surface area contributed by atoms with Gasteiger partial charge in [0.25, 0.3) is 0 Å². The Morgan fingerprint density at radius 2 is 1.85 bits per heavy atom. The number of hydrogen-bond donors (Lipinski definition) is 5. The molecule has 33 heavy (non-hydrogen) atoms. The van der Waals surface area contributed by atoms with Gasteiger partial charge in [-0.05, 0) is 62.2 Å². The van der Waals surface area contributed by atoms with E-state index in [9.17, 15) is 18.7 Å². The van der Waals surface area contributed by atoms with Crippen LogP contribution in [0.15, 0.2) is 36.4 Å². The summed E-state index contributed by atoms with van der Waals surface area (Å²) < 4.78 is 28.8. The van der Waals surface area contributed by atoms with Crippen molar-refractivity contribution in [2.75, 3.05) is 0 Å². The third-order valence-corrected chi connectivity index (χ3v) is 6.61. The molecule has 1 fully saturated rings. The lowest BCUT2D eigenvalue weighted by Crippen LogP contribution is -2.61. The van der Waals surface area contributed by atoms with Gasteiger partial charge in [-0.25, -0.2) is 8.78 Å². The third-order valence-electron chi connectivity index (χ3n) is 6.61. The molecule has 1 aliphatic carbocycles. The largest absolute Gasteiger partial charge is 0.480 e. The summed E-state index contributed by atoms with van der Waals surface area (Å²) >= 11 is 0. The van der Waals surface area contributed by atoms with Crippen molar-refractivity contribution >= 4 is 13.1 Å². The van der Waals surface area contributed by atoms with Gasteiger partial charge in [0.1, 0.15) is 17.2 Å². The minimum atomic E-state index is -1.39. The van der Waals surface area contributed by atoms with Crippen LogP contribution in [-0.4, -0.2) is 39.8 Å². The van der Waals surface area contributed by atoms with Gasteiger partial charge in [0.15, 0.2) is 0 Å². The number of halogens is 2. The number of aliphatic carboxylic acids is 1. The van der Waals surface area contributed by atoms with Crippen LogP contribution in [0.1, 0.15) is 43.2 Å². The zero-order valence-corrected chi connectivity index (χ0v) is 18.7. The van der Waals surface area contributed by atoms with Gasteiger partial charge < -0.3 is 26.2 Å². The van der Waals surface area contributed by atoms with Gasteiger partial charge >= 0.3 is 13.1 Å². The predicted octanol–water partition coefficient (Wildman–Crippen LogP) is 3.23. The van der Waals surface area contributed by atoms with Crippen LogP contribution < -0.4 is 11.1 Å². The van der Waals surface area contributed by atoms with E-state index in [0.29, 0.717) is 37.8 Å². The van der Waals surface area contributed by atoms with Crippen molar-refractivity contribution in [3.05, 3.63) is 59.2 Å². The van der Waals surface area contributed by atoms with Crippen molar-refractivity contribution in [2.24, 2.45) is 11.7 Å². The van der Waals surface area contributed by atoms with Crippen LogP contribution in [-0.2, 0) is 11.3 Å². The Morgan fingerprint density at radius 1 is 1.12 bits per heavy atom. The first-order chi connectivity index (χ1) is 15.6. The van der Waals surface area contributed by atoms with E-state index in [1.807, 2.05) is 6.92 Å². The number of nitrogens with one attached hydrogen (secondary N) is 1. The normalized spacial score (nSPS) is 19.6. The molecule has 0 aromatic heterocycles. The van der Waals surface area contributed by atoms with E-state index in [0.717, 1.165) is 5.56 Å². The van der Waals surface area contributed by atoms with E-state index in [1.165, 1.54) is 12.1 Å². The maximum absolute atomic E-state index is 14.7. The number of carboxylic acid groups (broad SMARTS) is 1. The quantitative estimate of drug-likeness (QED) is 0.260. The van der Waals surface area contributed by atoms with Gasteiger partial charge in [-0.2, -0.15) is 0 Å². The zero-order valence-electron chi connectivity index (χ0n) is 18.7. The van der Waals surface area contributed by atoms with Crippen LogP contribution in [0.25, 0.3) is 11.1 Å². The summed E-state index contributed by atoms with van der Waals surface area (Å²) in [5.74, 6) is -2.20. The molecule has 6 nitrogen and oxygen atoms in total. The SMILES string of the molecule is Cc1ccc(F)c(-c2ccc(CNC3CC([C@@](N)(CCCCB(O)O)C(=O)O)C3)cc2F)c1. The monoisotopic (exact) mass is 460 g/mol. The summed E-state index contributed by atoms with van der Waals surface area (Å²) in [6.45, 7) is 2.23. The average molecular weight is 460 g/mol. The topological polar surface area (TPSA) is 116 Å². The molecule has 3 rings (SSSR count). The number of benzene rings is 2. The van der Waals surface area contributed by atoms with E-state index >= 15 is 0 Å². The van der Waals surface area contributed by atoms with E-state index in [-0.39, 0.29) is 35.8 Å². The van der Waals surface area contributed by atoms with Crippen LogP contribution in [0.2, 0.25) is 6.32 Å². The molecule has 6 N–H and O–H groups in total. The minimum Gasteiger partial charge on any atom is -0.480 e. The molecule has 0 amide bonds. The summed E-state index contributed by atoms with van der Waals surface area (Å²) in [6, 6.07) is 9.38. The number of nitrogens with two attached hydrogens (primary N) is 1. The Balaban J connectivity index is 1.53. The van der Waals surface area contributed by atoms with E-state index in [1.54, 1.807) is 24.3 Å². The lowest BCUT2D eigenvalue weighted by Gasteiger charge is -2.45. The Morgan fingerprint density at radius 3 is 2.48 bits per heavy atom. The van der Waals surface area contributed by atoms with Crippen molar-refractivity contribution in [3.8, 4) is 11.1 Å². The molecule has 0 heterocycles. The van der Waals surface area contributed by atoms with Crippen LogP contribution in [0.3, 0.4) is 0 Å². The molecule has 0 bridgehead atoms. The lowest BCUT2D eigenvalue weighted by atomic mass is 9.66. The zero-order chi connectivity index (χ0) is 24.2. The Labute approximate surface area is 193 Å². The van der Waals surface area contributed by atoms with Crippen molar-refractivity contribution < 1.29 is 28.7 Å². The van der Waals surface area contributed by atoms with Crippen LogP contribution in [0.5, 0.6) is 0 Å². The number of rotatable bonds is 11. The fourth-order valence-corrected chi connectivity index (χ4v) is 4.43. The fraction of sp³-hybridized carbons (Fsp3) is 0.458. The van der Waals surface area contributed by atoms with Crippen molar-refractivity contribution in [2.45, 2.75) is 63.5 Å². The highest BCUT2D eigenvalue weighted by molar-refractivity contribution is 6.40. The molecule has 1 atom stereocenters. The number of unbranched alkanes of at least 4 members (excludes halogenated alkanes) is 1. The average Bonchev–Trinajstić information content (AvgIpc) is 2.72. The van der Waals surface area contributed by atoms with E-state index < -0.39 is 30.3 Å². The van der Waals surface area contributed by atoms with Crippen molar-refractivity contribution in [1.29, 1.82) is 0 Å². The lowest BCUT2D eigenvalue weighted by molar-refractivity contribution is -0.148. The molecule has 0 spiro atoms. The second-order valence-corrected chi connectivity index (χ2v) is 9.12. The summed E-state index contributed by atoms with van der Waals surface area (Å²) in [4.78, 5) is 11.8. The third kappa shape index (κ3) is 6.17. The summed E-state index contributed by atoms with van der Waals surface area (Å²) in [6.07, 6.45) is 2.65. The van der Waals surface area contributed by atoms with Gasteiger partial charge in [-0.15, -0.1) is 0 Å². The Bertz CT molecular complexity index is 985. The first-order valence-electron chi connectivity index (χ1n) is 11.3. The Hall–Kier alpha value is -2.33. The highest BCUT2D eigenvalue weighted by Crippen LogP contribution is 2.38. The van der Waals surface area contributed by atoms with Crippen LogP contribution >= 0.6 is 0 Å². The number of hydrogen-bond acceptors (Lipinski definition) is 5. The molecule has 2 aromatic rings. The smallest absolute Gasteiger partial charge is 0.451 e. The standard InChI is InChI=1S/C24H31BF2N2O4/c1-15-4-7-21(26)20(10-15)19-6-5-16(11-22(19)27)14-29-18-12-17(13-18)24(28,23(30)31)8-2-3-9-25(32)33/h4-7,10-11,17-18,29,32-33H,2-3,8-9,12-14,28H2,1H3,(H,30,31)/t17?,18?,24-/m0/s1. The van der Waals surface area contributed by atoms with Crippen LogP contribution in [0.4, 0.5) is 8.78 Å². The van der Waals surface area contributed by atoms with Gasteiger partial charge in [-0.3, -0.25) is 4.79 Å². The van der Waals surface area contributed by atoms with Gasteiger partial charge in [0.2, 0.25) is 0 Å². The summed E-state index contributed by atoms with van der Waals surface area (Å²) in [5, 5.41) is 30.8. The molecular formula is C24H31BF2N2O4. The van der Waals surface area contributed by atoms with Gasteiger partial charge in [-0.1, -0.05) is 36.6 Å². The molecule has 0 aliphatic heterocycles. The highest BCUT2D eigenvalue weighted by atomic mass is 19.1. The fourth-order valence-electron chi connectivity index (χ4n) is 4.43. The molecule has 0 saturated heterocycles. The molecule has 0 unspecified atom stereocenters. The number of carbonyl (C=O) groups is 1. The van der Waals surface area contributed by atoms with E-state index in [2.05, 4.69) is 5.32 Å². The first-order valence-corrected chi connectivity index (χ1v) is 11.3. The molecule has 1 saturated carbocycles. The molecule has 178 valence electrons. The first kappa shape index (κ1) is 25.3. The molecule has 9 heteroatoms. The molecule has 2 aromatic carbocycles. The summed E-state index contributed by atoms with van der Waals surface area (Å²) in [5.41, 5.74) is 6.88. The maximum Gasteiger partial charge on any atom is 0.451 e. The van der Waals surface area contributed by atoms with E-state index in [4.69, 9.17) is 15.8 Å². The van der Waals surface area contributed by atoms with Gasteiger partial charge in [0, 0.05) is 23.7 Å². The highest BCUT2D eigenvalue weighted by Gasteiger charge is 2.48. The maximum atomic E-state index is 14.7. The second-order valence-electron chi connectivity index (χ2n) is 9.12. The second kappa shape index (κ2) is 10.7. The van der Waals surface area contributed by atoms with Crippen molar-refractivity contribution in [3.63, 3.8) is 0 Å². The molecular weight excluding hydrogens is 429 g/mol.